The van der Waals surface area contributed by atoms with Gasteiger partial charge in [-0.3, -0.25) is 14.5 Å². The number of hydrogen-bond donors (Lipinski definition) is 1. The minimum atomic E-state index is -0.429. The van der Waals surface area contributed by atoms with Crippen LogP contribution in [0.1, 0.15) is 12.5 Å². The fourth-order valence-corrected chi connectivity index (χ4v) is 4.21. The Kier molecular flexibility index (Phi) is 5.10. The lowest BCUT2D eigenvalue weighted by molar-refractivity contribution is -0.121. The van der Waals surface area contributed by atoms with Crippen LogP contribution >= 0.6 is 11.8 Å². The molecule has 2 aromatic carbocycles. The van der Waals surface area contributed by atoms with Gasteiger partial charge in [0.15, 0.2) is 11.0 Å². The maximum atomic E-state index is 13.1. The molecule has 0 fully saturated rings. The lowest BCUT2D eigenvalue weighted by atomic mass is 10.1. The number of rotatable bonds is 4. The molecule has 1 aliphatic heterocycles. The third kappa shape index (κ3) is 3.63. The topological polar surface area (TPSA) is 80.1 Å². The Morgan fingerprint density at radius 1 is 1.14 bits per heavy atom. The number of para-hydroxylation sites is 2. The second-order valence-electron chi connectivity index (χ2n) is 6.93. The van der Waals surface area contributed by atoms with E-state index in [1.807, 2.05) is 67.9 Å². The van der Waals surface area contributed by atoms with Crippen LogP contribution in [0, 0.1) is 6.92 Å². The second-order valence-corrected chi connectivity index (χ2v) is 8.24. The van der Waals surface area contributed by atoms with E-state index in [1.54, 1.807) is 6.07 Å². The first-order chi connectivity index (χ1) is 14.0. The SMILES string of the molecule is Cc1ccccc1-c1nnc(S[C@H](C)C(=O)N2CC(=O)Nc3ccccc32)n1C. The minimum Gasteiger partial charge on any atom is -0.323 e. The standard InChI is InChI=1S/C21H21N5O2S/c1-13-8-4-5-9-15(13)19-23-24-21(25(19)3)29-14(2)20(28)26-12-18(27)22-16-10-6-7-11-17(16)26/h4-11,14H,12H2,1-3H3,(H,22,27)/t14-/m1/s1. The number of hydrogen-bond acceptors (Lipinski definition) is 5. The monoisotopic (exact) mass is 407 g/mol. The van der Waals surface area contributed by atoms with Gasteiger partial charge in [-0.15, -0.1) is 10.2 Å². The van der Waals surface area contributed by atoms with E-state index in [0.29, 0.717) is 16.5 Å². The molecule has 2 amide bonds. The van der Waals surface area contributed by atoms with Gasteiger partial charge in [-0.25, -0.2) is 0 Å². The number of aromatic nitrogens is 3. The predicted octanol–water partition coefficient (Wildman–Crippen LogP) is 3.26. The molecule has 7 nitrogen and oxygen atoms in total. The molecule has 2 heterocycles. The van der Waals surface area contributed by atoms with Crippen molar-refractivity contribution in [2.75, 3.05) is 16.8 Å². The Balaban J connectivity index is 1.56. The van der Waals surface area contributed by atoms with E-state index in [9.17, 15) is 9.59 Å². The molecular weight excluding hydrogens is 386 g/mol. The Morgan fingerprint density at radius 2 is 1.86 bits per heavy atom. The summed E-state index contributed by atoms with van der Waals surface area (Å²) < 4.78 is 1.90. The largest absolute Gasteiger partial charge is 0.323 e. The van der Waals surface area contributed by atoms with Crippen LogP contribution in [0.15, 0.2) is 53.7 Å². The summed E-state index contributed by atoms with van der Waals surface area (Å²) in [5.41, 5.74) is 3.48. The van der Waals surface area contributed by atoms with Gasteiger partial charge in [-0.05, 0) is 31.5 Å². The summed E-state index contributed by atoms with van der Waals surface area (Å²) in [6.45, 7) is 3.86. The van der Waals surface area contributed by atoms with E-state index < -0.39 is 5.25 Å². The number of carbonyl (C=O) groups is 2. The lowest BCUT2D eigenvalue weighted by Gasteiger charge is -2.30. The summed E-state index contributed by atoms with van der Waals surface area (Å²) in [4.78, 5) is 26.7. The van der Waals surface area contributed by atoms with Crippen LogP contribution in [0.5, 0.6) is 0 Å². The van der Waals surface area contributed by atoms with Crippen molar-refractivity contribution in [1.82, 2.24) is 14.8 Å². The van der Waals surface area contributed by atoms with Gasteiger partial charge in [0.2, 0.25) is 11.8 Å². The van der Waals surface area contributed by atoms with E-state index in [2.05, 4.69) is 15.5 Å². The van der Waals surface area contributed by atoms with E-state index in [4.69, 9.17) is 0 Å². The number of benzene rings is 2. The first-order valence-corrected chi connectivity index (χ1v) is 10.2. The molecule has 0 saturated carbocycles. The highest BCUT2D eigenvalue weighted by atomic mass is 32.2. The molecular formula is C21H21N5O2S. The number of amides is 2. The number of nitrogens with one attached hydrogen (secondary N) is 1. The van der Waals surface area contributed by atoms with Crippen LogP contribution in [0.3, 0.4) is 0 Å². The highest BCUT2D eigenvalue weighted by molar-refractivity contribution is 8.00. The van der Waals surface area contributed by atoms with Crippen LogP contribution < -0.4 is 10.2 Å². The summed E-state index contributed by atoms with van der Waals surface area (Å²) in [6, 6.07) is 15.3. The first-order valence-electron chi connectivity index (χ1n) is 9.28. The molecule has 148 valence electrons. The van der Waals surface area contributed by atoms with Crippen molar-refractivity contribution < 1.29 is 9.59 Å². The first kappa shape index (κ1) is 19.2. The number of aryl methyl sites for hydroxylation is 1. The zero-order valence-electron chi connectivity index (χ0n) is 16.4. The predicted molar refractivity (Wildman–Crippen MR) is 114 cm³/mol. The zero-order valence-corrected chi connectivity index (χ0v) is 17.2. The molecule has 0 bridgehead atoms. The summed E-state index contributed by atoms with van der Waals surface area (Å²) in [5.74, 6) is 0.417. The van der Waals surface area contributed by atoms with Gasteiger partial charge in [0.05, 0.1) is 16.6 Å². The van der Waals surface area contributed by atoms with Crippen LogP contribution in [0.2, 0.25) is 0 Å². The van der Waals surface area contributed by atoms with Gasteiger partial charge in [-0.1, -0.05) is 48.2 Å². The maximum Gasteiger partial charge on any atom is 0.244 e. The lowest BCUT2D eigenvalue weighted by Crippen LogP contribution is -2.45. The van der Waals surface area contributed by atoms with Gasteiger partial charge in [0, 0.05) is 12.6 Å². The minimum absolute atomic E-state index is 0.00796. The molecule has 0 spiro atoms. The molecule has 0 saturated heterocycles. The highest BCUT2D eigenvalue weighted by Crippen LogP contribution is 2.32. The second kappa shape index (κ2) is 7.71. The molecule has 1 aliphatic rings. The molecule has 1 atom stereocenters. The van der Waals surface area contributed by atoms with Crippen molar-refractivity contribution >= 4 is 35.0 Å². The molecule has 8 heteroatoms. The Morgan fingerprint density at radius 3 is 2.66 bits per heavy atom. The molecule has 3 aromatic rings. The number of carbonyl (C=O) groups excluding carboxylic acids is 2. The fourth-order valence-electron chi connectivity index (χ4n) is 3.33. The quantitative estimate of drug-likeness (QED) is 0.672. The van der Waals surface area contributed by atoms with Gasteiger partial charge in [0.25, 0.3) is 0 Å². The summed E-state index contributed by atoms with van der Waals surface area (Å²) >= 11 is 1.34. The van der Waals surface area contributed by atoms with E-state index in [-0.39, 0.29) is 18.4 Å². The van der Waals surface area contributed by atoms with Crippen LogP contribution in [0.25, 0.3) is 11.4 Å². The zero-order chi connectivity index (χ0) is 20.5. The molecule has 1 N–H and O–H groups in total. The van der Waals surface area contributed by atoms with Crippen molar-refractivity contribution in [2.45, 2.75) is 24.3 Å². The number of fused-ring (bicyclic) bond motifs is 1. The van der Waals surface area contributed by atoms with Crippen molar-refractivity contribution in [1.29, 1.82) is 0 Å². The third-order valence-corrected chi connectivity index (χ3v) is 6.01. The Labute approximate surface area is 173 Å². The van der Waals surface area contributed by atoms with Crippen molar-refractivity contribution in [3.8, 4) is 11.4 Å². The fraction of sp³-hybridized carbons (Fsp3) is 0.238. The smallest absolute Gasteiger partial charge is 0.244 e. The van der Waals surface area contributed by atoms with Crippen LogP contribution in [0.4, 0.5) is 11.4 Å². The maximum absolute atomic E-state index is 13.1. The van der Waals surface area contributed by atoms with E-state index in [1.165, 1.54) is 16.7 Å². The summed E-state index contributed by atoms with van der Waals surface area (Å²) in [6.07, 6.45) is 0. The third-order valence-electron chi connectivity index (χ3n) is 4.89. The molecule has 29 heavy (non-hydrogen) atoms. The van der Waals surface area contributed by atoms with Gasteiger partial charge in [0.1, 0.15) is 6.54 Å². The van der Waals surface area contributed by atoms with Crippen molar-refractivity contribution in [2.24, 2.45) is 7.05 Å². The van der Waals surface area contributed by atoms with Crippen molar-refractivity contribution in [3.63, 3.8) is 0 Å². The molecule has 1 aromatic heterocycles. The van der Waals surface area contributed by atoms with Gasteiger partial charge in [-0.2, -0.15) is 0 Å². The highest BCUT2D eigenvalue weighted by Gasteiger charge is 2.31. The normalized spacial score (nSPS) is 14.3. The average molecular weight is 407 g/mol. The summed E-state index contributed by atoms with van der Waals surface area (Å²) in [5, 5.41) is 11.6. The van der Waals surface area contributed by atoms with E-state index >= 15 is 0 Å². The number of nitrogens with zero attached hydrogens (tertiary/aromatic N) is 4. The van der Waals surface area contributed by atoms with Crippen LogP contribution in [-0.4, -0.2) is 38.4 Å². The van der Waals surface area contributed by atoms with E-state index in [0.717, 1.165) is 17.0 Å². The molecule has 4 rings (SSSR count). The Bertz CT molecular complexity index is 1090. The number of thioether (sulfide) groups is 1. The molecule has 0 radical (unpaired) electrons. The van der Waals surface area contributed by atoms with Gasteiger partial charge < -0.3 is 9.88 Å². The van der Waals surface area contributed by atoms with Gasteiger partial charge >= 0.3 is 0 Å². The van der Waals surface area contributed by atoms with Crippen LogP contribution in [-0.2, 0) is 16.6 Å². The number of anilines is 2. The molecule has 0 unspecified atom stereocenters. The van der Waals surface area contributed by atoms with Crippen molar-refractivity contribution in [3.05, 3.63) is 54.1 Å². The Hall–Kier alpha value is -3.13. The summed E-state index contributed by atoms with van der Waals surface area (Å²) in [7, 11) is 1.89. The molecule has 0 aliphatic carbocycles. The average Bonchev–Trinajstić information content (AvgIpc) is 3.07.